The SMILES string of the molecule is CCCC(CCC)N(C(=O)CN1C[C@H](c2ccc3c(c2)CCO3)[C@@H](C(=O)O)[C@@H]1CCn1cc2ccccc2c1O)c1ccc(F)c(C)c1. The van der Waals surface area contributed by atoms with E-state index >= 15 is 0 Å². The summed E-state index contributed by atoms with van der Waals surface area (Å²) in [6, 6.07) is 17.9. The lowest BCUT2D eigenvalue weighted by Crippen LogP contribution is -2.48. The number of ether oxygens (including phenoxy) is 1. The molecule has 1 amide bonds. The third kappa shape index (κ3) is 6.65. The molecule has 2 aliphatic rings. The maximum absolute atomic E-state index is 14.5. The highest BCUT2D eigenvalue weighted by Gasteiger charge is 2.47. The smallest absolute Gasteiger partial charge is 0.308 e. The largest absolute Gasteiger partial charge is 0.494 e. The van der Waals surface area contributed by atoms with Crippen molar-refractivity contribution in [1.82, 2.24) is 9.47 Å². The Morgan fingerprint density at radius 2 is 1.83 bits per heavy atom. The molecule has 0 spiro atoms. The van der Waals surface area contributed by atoms with Gasteiger partial charge in [-0.3, -0.25) is 14.5 Å². The average Bonchev–Trinajstić information content (AvgIpc) is 3.77. The number of hydrogen-bond donors (Lipinski definition) is 2. The number of carbonyl (C=O) groups is 2. The van der Waals surface area contributed by atoms with Gasteiger partial charge in [-0.15, -0.1) is 0 Å². The van der Waals surface area contributed by atoms with Crippen LogP contribution in [-0.4, -0.2) is 63.3 Å². The molecule has 0 aliphatic carbocycles. The third-order valence-electron chi connectivity index (χ3n) is 10.2. The van der Waals surface area contributed by atoms with Crippen LogP contribution in [0.3, 0.4) is 0 Å². The van der Waals surface area contributed by atoms with E-state index in [1.165, 1.54) is 6.07 Å². The monoisotopic (exact) mass is 655 g/mol. The van der Waals surface area contributed by atoms with Crippen LogP contribution in [0.25, 0.3) is 10.8 Å². The molecule has 8 nitrogen and oxygen atoms in total. The summed E-state index contributed by atoms with van der Waals surface area (Å²) < 4.78 is 21.9. The summed E-state index contributed by atoms with van der Waals surface area (Å²) in [6.45, 7) is 7.33. The van der Waals surface area contributed by atoms with Crippen LogP contribution in [0.1, 0.15) is 68.6 Å². The number of amides is 1. The second-order valence-electron chi connectivity index (χ2n) is 13.4. The number of hydrogen-bond acceptors (Lipinski definition) is 5. The van der Waals surface area contributed by atoms with E-state index in [-0.39, 0.29) is 36.1 Å². The quantitative estimate of drug-likeness (QED) is 0.157. The van der Waals surface area contributed by atoms with Crippen LogP contribution in [0.4, 0.5) is 10.1 Å². The Morgan fingerprint density at radius 1 is 1.06 bits per heavy atom. The Balaban J connectivity index is 1.35. The van der Waals surface area contributed by atoms with Gasteiger partial charge in [0.15, 0.2) is 5.88 Å². The molecule has 6 rings (SSSR count). The molecule has 4 aromatic rings. The lowest BCUT2D eigenvalue weighted by Gasteiger charge is -2.35. The van der Waals surface area contributed by atoms with Crippen molar-refractivity contribution in [2.75, 3.05) is 24.6 Å². The Kier molecular flexibility index (Phi) is 10.1. The van der Waals surface area contributed by atoms with Gasteiger partial charge in [-0.05, 0) is 73.2 Å². The number of aliphatic carboxylic acids is 1. The summed E-state index contributed by atoms with van der Waals surface area (Å²) in [4.78, 5) is 31.5. The van der Waals surface area contributed by atoms with E-state index < -0.39 is 17.9 Å². The van der Waals surface area contributed by atoms with Gasteiger partial charge in [0.25, 0.3) is 0 Å². The number of rotatable bonds is 13. The maximum Gasteiger partial charge on any atom is 0.308 e. The van der Waals surface area contributed by atoms with Crippen LogP contribution in [-0.2, 0) is 22.6 Å². The predicted molar refractivity (Wildman–Crippen MR) is 185 cm³/mol. The number of carboxylic acids is 1. The number of aromatic nitrogens is 1. The fraction of sp³-hybridized carbons (Fsp3) is 0.436. The van der Waals surface area contributed by atoms with Crippen molar-refractivity contribution in [3.05, 3.63) is 89.4 Å². The molecule has 0 radical (unpaired) electrons. The number of benzene rings is 3. The molecule has 3 atom stereocenters. The molecule has 3 aromatic carbocycles. The molecular weight excluding hydrogens is 609 g/mol. The van der Waals surface area contributed by atoms with Crippen molar-refractivity contribution in [2.45, 2.75) is 83.8 Å². The fourth-order valence-electron chi connectivity index (χ4n) is 7.92. The number of aromatic hydroxyl groups is 1. The van der Waals surface area contributed by atoms with Crippen LogP contribution in [0.15, 0.2) is 66.9 Å². The van der Waals surface area contributed by atoms with Gasteiger partial charge >= 0.3 is 5.97 Å². The normalized spacial score (nSPS) is 19.1. The molecule has 48 heavy (non-hydrogen) atoms. The number of nitrogens with zero attached hydrogens (tertiary/aromatic N) is 3. The number of anilines is 1. The second kappa shape index (κ2) is 14.4. The maximum atomic E-state index is 14.5. The number of aryl methyl sites for hydroxylation is 2. The van der Waals surface area contributed by atoms with E-state index in [0.717, 1.165) is 59.8 Å². The molecule has 2 N–H and O–H groups in total. The first-order valence-electron chi connectivity index (χ1n) is 17.3. The molecule has 1 saturated heterocycles. The van der Waals surface area contributed by atoms with E-state index in [0.29, 0.717) is 37.4 Å². The van der Waals surface area contributed by atoms with Crippen LogP contribution in [0.5, 0.6) is 11.6 Å². The van der Waals surface area contributed by atoms with Crippen molar-refractivity contribution in [3.63, 3.8) is 0 Å². The van der Waals surface area contributed by atoms with Gasteiger partial charge in [-0.2, -0.15) is 0 Å². The Bertz CT molecular complexity index is 1780. The number of likely N-dealkylation sites (tertiary alicyclic amines) is 1. The molecule has 0 unspecified atom stereocenters. The molecular formula is C39H46FN3O5. The van der Waals surface area contributed by atoms with Gasteiger partial charge in [-0.1, -0.05) is 57.0 Å². The van der Waals surface area contributed by atoms with Gasteiger partial charge in [0.05, 0.1) is 19.1 Å². The molecule has 1 aromatic heterocycles. The molecule has 3 heterocycles. The number of carbonyl (C=O) groups excluding carboxylic acids is 1. The van der Waals surface area contributed by atoms with Crippen molar-refractivity contribution < 1.29 is 28.9 Å². The third-order valence-corrected chi connectivity index (χ3v) is 10.2. The first-order valence-corrected chi connectivity index (χ1v) is 17.3. The lowest BCUT2D eigenvalue weighted by molar-refractivity contribution is -0.143. The topological polar surface area (TPSA) is 95.2 Å². The Morgan fingerprint density at radius 3 is 2.54 bits per heavy atom. The Hall–Kier alpha value is -4.37. The van der Waals surface area contributed by atoms with Crippen LogP contribution in [0.2, 0.25) is 0 Å². The van der Waals surface area contributed by atoms with Crippen molar-refractivity contribution in [2.24, 2.45) is 5.92 Å². The summed E-state index contributed by atoms with van der Waals surface area (Å²) in [6.07, 6.45) is 6.48. The van der Waals surface area contributed by atoms with Gasteiger partial charge in [0.1, 0.15) is 11.6 Å². The van der Waals surface area contributed by atoms with E-state index in [9.17, 15) is 24.2 Å². The molecule has 254 valence electrons. The zero-order chi connectivity index (χ0) is 33.9. The molecule has 1 fully saturated rings. The lowest BCUT2D eigenvalue weighted by atomic mass is 9.83. The van der Waals surface area contributed by atoms with Crippen LogP contribution < -0.4 is 9.64 Å². The van der Waals surface area contributed by atoms with Crippen molar-refractivity contribution >= 4 is 28.3 Å². The zero-order valence-corrected chi connectivity index (χ0v) is 28.1. The average molecular weight is 656 g/mol. The highest BCUT2D eigenvalue weighted by molar-refractivity contribution is 5.95. The highest BCUT2D eigenvalue weighted by atomic mass is 19.1. The molecule has 0 bridgehead atoms. The zero-order valence-electron chi connectivity index (χ0n) is 28.1. The fourth-order valence-corrected chi connectivity index (χ4v) is 7.92. The summed E-state index contributed by atoms with van der Waals surface area (Å²) in [5, 5.41) is 23.4. The first-order chi connectivity index (χ1) is 23.2. The minimum atomic E-state index is -0.903. The first kappa shape index (κ1) is 33.5. The molecule has 0 saturated carbocycles. The van der Waals surface area contributed by atoms with Crippen LogP contribution in [0, 0.1) is 18.7 Å². The highest BCUT2D eigenvalue weighted by Crippen LogP contribution is 2.42. The molecule has 2 aliphatic heterocycles. The summed E-state index contributed by atoms with van der Waals surface area (Å²) in [7, 11) is 0. The van der Waals surface area contributed by atoms with Gasteiger partial charge in [0, 0.05) is 60.2 Å². The molecule has 9 heteroatoms. The number of fused-ring (bicyclic) bond motifs is 2. The van der Waals surface area contributed by atoms with Crippen molar-refractivity contribution in [3.8, 4) is 11.6 Å². The van der Waals surface area contributed by atoms with Crippen molar-refractivity contribution in [1.29, 1.82) is 0 Å². The minimum Gasteiger partial charge on any atom is -0.494 e. The van der Waals surface area contributed by atoms with Gasteiger partial charge < -0.3 is 24.4 Å². The van der Waals surface area contributed by atoms with E-state index in [1.807, 2.05) is 52.4 Å². The summed E-state index contributed by atoms with van der Waals surface area (Å²) in [5.41, 5.74) is 3.14. The predicted octanol–water partition coefficient (Wildman–Crippen LogP) is 7.29. The van der Waals surface area contributed by atoms with Gasteiger partial charge in [-0.25, -0.2) is 4.39 Å². The minimum absolute atomic E-state index is 0.0268. The van der Waals surface area contributed by atoms with E-state index in [4.69, 9.17) is 4.74 Å². The van der Waals surface area contributed by atoms with Gasteiger partial charge in [0.2, 0.25) is 5.91 Å². The second-order valence-corrected chi connectivity index (χ2v) is 13.4. The van der Waals surface area contributed by atoms with E-state index in [1.54, 1.807) is 23.6 Å². The van der Waals surface area contributed by atoms with Crippen LogP contribution >= 0.6 is 0 Å². The standard InChI is InChI=1S/C39H46FN3O5/c1-4-8-29(9-5-2)43(30-13-14-33(40)25(3)20-30)36(44)24-42-23-32(26-12-15-35-27(21-26)17-19-48-35)37(39(46)47)34(42)16-18-41-22-28-10-6-7-11-31(28)38(41)45/h6-7,10-15,20-22,29,32,34,37,45H,4-5,8-9,16-19,23-24H2,1-3H3,(H,46,47)/t32-,34+,37-/m1/s1. The summed E-state index contributed by atoms with van der Waals surface area (Å²) in [5.74, 6) is -1.47. The summed E-state index contributed by atoms with van der Waals surface area (Å²) >= 11 is 0. The van der Waals surface area contributed by atoms with E-state index in [2.05, 4.69) is 19.9 Å². The number of halogens is 1. The Labute approximate surface area is 281 Å². The number of carboxylic acid groups (broad SMARTS) is 1.